The van der Waals surface area contributed by atoms with E-state index in [-0.39, 0.29) is 22.8 Å². The minimum Gasteiger partial charge on any atom is -0.396 e. The molecule has 0 saturated heterocycles. The third-order valence-corrected chi connectivity index (χ3v) is 2.15. The van der Waals surface area contributed by atoms with Gasteiger partial charge in [-0.25, -0.2) is 13.8 Å². The molecule has 0 radical (unpaired) electrons. The lowest BCUT2D eigenvalue weighted by Crippen LogP contribution is -1.97. The van der Waals surface area contributed by atoms with Crippen molar-refractivity contribution in [3.63, 3.8) is 0 Å². The van der Waals surface area contributed by atoms with Gasteiger partial charge in [0.1, 0.15) is 11.5 Å². The van der Waals surface area contributed by atoms with Crippen LogP contribution < -0.4 is 5.73 Å². The summed E-state index contributed by atoms with van der Waals surface area (Å²) in [7, 11) is 0. The van der Waals surface area contributed by atoms with Crippen LogP contribution in [0, 0.1) is 24.5 Å². The van der Waals surface area contributed by atoms with Gasteiger partial charge >= 0.3 is 0 Å². The van der Waals surface area contributed by atoms with Crippen LogP contribution in [0.4, 0.5) is 18.9 Å². The zero-order valence-corrected chi connectivity index (χ0v) is 8.31. The number of halogens is 3. The molecule has 3 nitrogen and oxygen atoms in total. The Morgan fingerprint density at radius 2 is 1.88 bits per heavy atom. The first kappa shape index (κ1) is 10.5. The molecule has 1 aromatic heterocycles. The molecule has 0 aliphatic rings. The van der Waals surface area contributed by atoms with E-state index in [2.05, 4.69) is 9.97 Å². The molecule has 0 aliphatic heterocycles. The highest BCUT2D eigenvalue weighted by molar-refractivity contribution is 5.63. The molecule has 0 aliphatic carbocycles. The van der Waals surface area contributed by atoms with Crippen LogP contribution in [-0.4, -0.2) is 9.97 Å². The van der Waals surface area contributed by atoms with Crippen molar-refractivity contribution in [2.75, 3.05) is 5.73 Å². The van der Waals surface area contributed by atoms with Crippen LogP contribution in [0.2, 0.25) is 0 Å². The monoisotopic (exact) mass is 227 g/mol. The maximum absolute atomic E-state index is 13.5. The van der Waals surface area contributed by atoms with Gasteiger partial charge in [0.25, 0.3) is 0 Å². The van der Waals surface area contributed by atoms with Crippen LogP contribution in [0.15, 0.2) is 12.1 Å². The summed E-state index contributed by atoms with van der Waals surface area (Å²) in [5.74, 6) is -2.92. The average molecular weight is 227 g/mol. The first-order valence-electron chi connectivity index (χ1n) is 4.46. The van der Waals surface area contributed by atoms with Crippen LogP contribution in [0.3, 0.4) is 0 Å². The van der Waals surface area contributed by atoms with Gasteiger partial charge in [0.2, 0.25) is 5.95 Å². The number of H-pyrrole nitrogens is 1. The summed E-state index contributed by atoms with van der Waals surface area (Å²) in [6.07, 6.45) is 0. The van der Waals surface area contributed by atoms with Gasteiger partial charge in [-0.3, -0.25) is 0 Å². The number of nitrogen functional groups attached to an aromatic ring is 1. The van der Waals surface area contributed by atoms with Gasteiger partial charge in [0.15, 0.2) is 11.6 Å². The van der Waals surface area contributed by atoms with E-state index >= 15 is 0 Å². The molecule has 16 heavy (non-hydrogen) atoms. The lowest BCUT2D eigenvalue weighted by atomic mass is 10.1. The fraction of sp³-hybridized carbons (Fsp3) is 0.100. The summed E-state index contributed by atoms with van der Waals surface area (Å²) in [4.78, 5) is 6.00. The van der Waals surface area contributed by atoms with Crippen molar-refractivity contribution in [1.29, 1.82) is 0 Å². The normalized spacial score (nSPS) is 10.8. The molecule has 0 saturated carbocycles. The van der Waals surface area contributed by atoms with Crippen LogP contribution in [0.25, 0.3) is 11.3 Å². The quantitative estimate of drug-likeness (QED) is 0.735. The zero-order chi connectivity index (χ0) is 11.9. The molecule has 84 valence electrons. The molecule has 2 rings (SSSR count). The Bertz CT molecular complexity index is 548. The Labute approximate surface area is 89.1 Å². The Morgan fingerprint density at radius 3 is 2.44 bits per heavy atom. The SMILES string of the molecule is Cc1nc(-c2ccc(N)c(F)c2F)c(F)[nH]1. The van der Waals surface area contributed by atoms with Crippen molar-refractivity contribution in [2.24, 2.45) is 0 Å². The number of hydrogen-bond donors (Lipinski definition) is 2. The summed E-state index contributed by atoms with van der Waals surface area (Å²) in [5, 5.41) is 0. The van der Waals surface area contributed by atoms with E-state index in [4.69, 9.17) is 5.73 Å². The van der Waals surface area contributed by atoms with Crippen LogP contribution in [0.5, 0.6) is 0 Å². The maximum Gasteiger partial charge on any atom is 0.219 e. The second-order valence-corrected chi connectivity index (χ2v) is 3.32. The van der Waals surface area contributed by atoms with E-state index in [9.17, 15) is 13.2 Å². The predicted octanol–water partition coefficient (Wildman–Crippen LogP) is 2.38. The Kier molecular flexibility index (Phi) is 2.34. The highest BCUT2D eigenvalue weighted by Crippen LogP contribution is 2.27. The highest BCUT2D eigenvalue weighted by atomic mass is 19.2. The smallest absolute Gasteiger partial charge is 0.219 e. The molecule has 1 heterocycles. The van der Waals surface area contributed by atoms with Crippen molar-refractivity contribution >= 4 is 5.69 Å². The summed E-state index contributed by atoms with van der Waals surface area (Å²) in [6.45, 7) is 1.51. The number of anilines is 1. The molecule has 3 N–H and O–H groups in total. The van der Waals surface area contributed by atoms with E-state index in [0.717, 1.165) is 6.07 Å². The minimum atomic E-state index is -1.20. The van der Waals surface area contributed by atoms with Gasteiger partial charge in [-0.15, -0.1) is 0 Å². The van der Waals surface area contributed by atoms with Gasteiger partial charge in [0, 0.05) is 5.56 Å². The molecule has 6 heteroatoms. The minimum absolute atomic E-state index is 0.256. The zero-order valence-electron chi connectivity index (χ0n) is 8.31. The van der Waals surface area contributed by atoms with Crippen LogP contribution in [0.1, 0.15) is 5.82 Å². The maximum atomic E-state index is 13.5. The summed E-state index contributed by atoms with van der Waals surface area (Å²) < 4.78 is 39.9. The van der Waals surface area contributed by atoms with Gasteiger partial charge in [-0.2, -0.15) is 4.39 Å². The van der Waals surface area contributed by atoms with E-state index in [1.54, 1.807) is 0 Å². The Balaban J connectivity index is 2.65. The number of hydrogen-bond acceptors (Lipinski definition) is 2. The average Bonchev–Trinajstić information content (AvgIpc) is 2.55. The number of nitrogens with zero attached hydrogens (tertiary/aromatic N) is 1. The largest absolute Gasteiger partial charge is 0.396 e. The van der Waals surface area contributed by atoms with Gasteiger partial charge in [-0.05, 0) is 19.1 Å². The lowest BCUT2D eigenvalue weighted by Gasteiger charge is -2.03. The fourth-order valence-corrected chi connectivity index (χ4v) is 1.39. The topological polar surface area (TPSA) is 54.7 Å². The number of imidazole rings is 1. The molecular formula is C10H8F3N3. The third-order valence-electron chi connectivity index (χ3n) is 2.15. The number of nitrogens with one attached hydrogen (secondary N) is 1. The fourth-order valence-electron chi connectivity index (χ4n) is 1.39. The first-order valence-corrected chi connectivity index (χ1v) is 4.46. The van der Waals surface area contributed by atoms with Gasteiger partial charge < -0.3 is 10.7 Å². The van der Waals surface area contributed by atoms with E-state index in [1.165, 1.54) is 13.0 Å². The lowest BCUT2D eigenvalue weighted by molar-refractivity contribution is 0.513. The molecule has 0 unspecified atom stereocenters. The number of rotatable bonds is 1. The summed E-state index contributed by atoms with van der Waals surface area (Å²) >= 11 is 0. The van der Waals surface area contributed by atoms with E-state index in [0.29, 0.717) is 0 Å². The molecule has 2 aromatic rings. The number of aromatic amines is 1. The molecule has 0 bridgehead atoms. The number of benzene rings is 1. The van der Waals surface area contributed by atoms with Crippen molar-refractivity contribution in [2.45, 2.75) is 6.92 Å². The van der Waals surface area contributed by atoms with Crippen molar-refractivity contribution in [1.82, 2.24) is 9.97 Å². The standard InChI is InChI=1S/C10H8F3N3/c1-4-15-9(10(13)16-4)5-2-3-6(14)8(12)7(5)11/h2-3H,14H2,1H3,(H,15,16). The molecule has 1 aromatic carbocycles. The number of aryl methyl sites for hydroxylation is 1. The van der Waals surface area contributed by atoms with Gasteiger partial charge in [-0.1, -0.05) is 0 Å². The second kappa shape index (κ2) is 3.55. The summed E-state index contributed by atoms with van der Waals surface area (Å²) in [5.41, 5.74) is 4.34. The Hall–Kier alpha value is -1.98. The van der Waals surface area contributed by atoms with Crippen molar-refractivity contribution in [3.8, 4) is 11.3 Å². The van der Waals surface area contributed by atoms with Gasteiger partial charge in [0.05, 0.1) is 5.69 Å². The van der Waals surface area contributed by atoms with E-state index in [1.807, 2.05) is 0 Å². The molecule has 0 fully saturated rings. The van der Waals surface area contributed by atoms with Crippen molar-refractivity contribution < 1.29 is 13.2 Å². The molecule has 0 atom stereocenters. The van der Waals surface area contributed by atoms with E-state index < -0.39 is 17.6 Å². The second-order valence-electron chi connectivity index (χ2n) is 3.32. The molecule has 0 spiro atoms. The highest BCUT2D eigenvalue weighted by Gasteiger charge is 2.18. The summed E-state index contributed by atoms with van der Waals surface area (Å²) in [6, 6.07) is 2.35. The third kappa shape index (κ3) is 1.52. The Morgan fingerprint density at radius 1 is 1.19 bits per heavy atom. The van der Waals surface area contributed by atoms with Crippen LogP contribution in [-0.2, 0) is 0 Å². The molecular weight excluding hydrogens is 219 g/mol. The number of nitrogens with two attached hydrogens (primary N) is 1. The molecule has 0 amide bonds. The first-order chi connectivity index (χ1) is 7.50. The van der Waals surface area contributed by atoms with Crippen molar-refractivity contribution in [3.05, 3.63) is 35.5 Å². The number of aromatic nitrogens is 2. The predicted molar refractivity (Wildman–Crippen MR) is 53.0 cm³/mol. The van der Waals surface area contributed by atoms with Crippen LogP contribution >= 0.6 is 0 Å².